The number of benzene rings is 1. The molecule has 1 aromatic carbocycles. The second-order valence-electron chi connectivity index (χ2n) is 3.82. The Morgan fingerprint density at radius 2 is 1.73 bits per heavy atom. The number of hydrogen-bond acceptors (Lipinski definition) is 2. The third-order valence-electron chi connectivity index (χ3n) is 2.97. The van der Waals surface area contributed by atoms with Crippen molar-refractivity contribution in [2.75, 3.05) is 17.2 Å². The minimum Gasteiger partial charge on any atom is -0.397 e. The van der Waals surface area contributed by atoms with Gasteiger partial charge in [-0.15, -0.1) is 0 Å². The Balaban J connectivity index is 2.96. The lowest BCUT2D eigenvalue weighted by Crippen LogP contribution is -2.34. The first-order valence-electron chi connectivity index (χ1n) is 5.85. The predicted octanol–water partition coefficient (Wildman–Crippen LogP) is 3.28. The number of nitrogen functional groups attached to an aromatic ring is 1. The van der Waals surface area contributed by atoms with E-state index in [9.17, 15) is 0 Å². The number of rotatable bonds is 5. The SMILES string of the molecule is CCC(CC)N(CC)c1ccccc1N. The molecular weight excluding hydrogens is 184 g/mol. The minimum atomic E-state index is 0.597. The molecule has 1 rings (SSSR count). The van der Waals surface area contributed by atoms with Crippen LogP contribution >= 0.6 is 0 Å². The Morgan fingerprint density at radius 3 is 2.20 bits per heavy atom. The van der Waals surface area contributed by atoms with Crippen molar-refractivity contribution in [1.82, 2.24) is 0 Å². The molecule has 0 saturated carbocycles. The Bertz CT molecular complexity index is 292. The van der Waals surface area contributed by atoms with Gasteiger partial charge in [-0.1, -0.05) is 26.0 Å². The maximum atomic E-state index is 6.00. The first kappa shape index (κ1) is 11.9. The molecule has 2 N–H and O–H groups in total. The van der Waals surface area contributed by atoms with E-state index in [2.05, 4.69) is 37.8 Å². The van der Waals surface area contributed by atoms with Gasteiger partial charge in [0.2, 0.25) is 0 Å². The molecule has 0 aliphatic carbocycles. The van der Waals surface area contributed by atoms with Crippen LogP contribution in [-0.4, -0.2) is 12.6 Å². The van der Waals surface area contributed by atoms with E-state index in [1.165, 1.54) is 18.5 Å². The summed E-state index contributed by atoms with van der Waals surface area (Å²) in [6, 6.07) is 8.72. The van der Waals surface area contributed by atoms with Gasteiger partial charge < -0.3 is 10.6 Å². The lowest BCUT2D eigenvalue weighted by Gasteiger charge is -2.32. The van der Waals surface area contributed by atoms with Crippen LogP contribution in [0.2, 0.25) is 0 Å². The molecule has 0 amide bonds. The van der Waals surface area contributed by atoms with E-state index in [0.717, 1.165) is 12.2 Å². The molecule has 0 radical (unpaired) electrons. The summed E-state index contributed by atoms with van der Waals surface area (Å²) in [6.45, 7) is 7.66. The van der Waals surface area contributed by atoms with Gasteiger partial charge >= 0.3 is 0 Å². The minimum absolute atomic E-state index is 0.597. The van der Waals surface area contributed by atoms with E-state index in [0.29, 0.717) is 6.04 Å². The summed E-state index contributed by atoms with van der Waals surface area (Å²) in [6.07, 6.45) is 2.33. The van der Waals surface area contributed by atoms with Crippen LogP contribution in [0.1, 0.15) is 33.6 Å². The van der Waals surface area contributed by atoms with Crippen molar-refractivity contribution >= 4 is 11.4 Å². The van der Waals surface area contributed by atoms with Gasteiger partial charge in [0.15, 0.2) is 0 Å². The monoisotopic (exact) mass is 206 g/mol. The molecule has 0 aliphatic rings. The molecule has 2 heteroatoms. The number of nitrogens with two attached hydrogens (primary N) is 1. The number of nitrogens with zero attached hydrogens (tertiary/aromatic N) is 1. The van der Waals surface area contributed by atoms with Crippen LogP contribution in [0, 0.1) is 0 Å². The Kier molecular flexibility index (Phi) is 4.47. The standard InChI is InChI=1S/C13H22N2/c1-4-11(5-2)15(6-3)13-10-8-7-9-12(13)14/h7-11H,4-6,14H2,1-3H3. The van der Waals surface area contributed by atoms with Crippen LogP contribution in [0.4, 0.5) is 11.4 Å². The quantitative estimate of drug-likeness (QED) is 0.749. The highest BCUT2D eigenvalue weighted by Gasteiger charge is 2.15. The molecule has 0 atom stereocenters. The summed E-state index contributed by atoms with van der Waals surface area (Å²) in [4.78, 5) is 2.40. The molecule has 0 heterocycles. The molecule has 0 fully saturated rings. The average molecular weight is 206 g/mol. The fraction of sp³-hybridized carbons (Fsp3) is 0.538. The highest BCUT2D eigenvalue weighted by Crippen LogP contribution is 2.26. The van der Waals surface area contributed by atoms with Gasteiger partial charge in [-0.25, -0.2) is 0 Å². The van der Waals surface area contributed by atoms with Gasteiger partial charge in [0.1, 0.15) is 0 Å². The summed E-state index contributed by atoms with van der Waals surface area (Å²) in [5.74, 6) is 0. The van der Waals surface area contributed by atoms with Crippen molar-refractivity contribution in [2.24, 2.45) is 0 Å². The lowest BCUT2D eigenvalue weighted by molar-refractivity contribution is 0.567. The van der Waals surface area contributed by atoms with Gasteiger partial charge in [-0.3, -0.25) is 0 Å². The Morgan fingerprint density at radius 1 is 1.13 bits per heavy atom. The average Bonchev–Trinajstić information content (AvgIpc) is 2.27. The third kappa shape index (κ3) is 2.65. The van der Waals surface area contributed by atoms with Crippen LogP contribution in [0.3, 0.4) is 0 Å². The molecule has 0 unspecified atom stereocenters. The summed E-state index contributed by atoms with van der Waals surface area (Å²) >= 11 is 0. The zero-order chi connectivity index (χ0) is 11.3. The lowest BCUT2D eigenvalue weighted by atomic mass is 10.1. The molecule has 0 aliphatic heterocycles. The molecular formula is C13H22N2. The first-order valence-corrected chi connectivity index (χ1v) is 5.85. The van der Waals surface area contributed by atoms with Gasteiger partial charge in [-0.05, 0) is 31.9 Å². The molecule has 0 bridgehead atoms. The number of hydrogen-bond donors (Lipinski definition) is 1. The van der Waals surface area contributed by atoms with Crippen LogP contribution in [0.5, 0.6) is 0 Å². The van der Waals surface area contributed by atoms with E-state index in [1.54, 1.807) is 0 Å². The van der Waals surface area contributed by atoms with Crippen molar-refractivity contribution in [3.05, 3.63) is 24.3 Å². The van der Waals surface area contributed by atoms with Crippen LogP contribution in [0.15, 0.2) is 24.3 Å². The predicted molar refractivity (Wildman–Crippen MR) is 68.2 cm³/mol. The summed E-state index contributed by atoms with van der Waals surface area (Å²) in [7, 11) is 0. The molecule has 15 heavy (non-hydrogen) atoms. The smallest absolute Gasteiger partial charge is 0.0602 e. The normalized spacial score (nSPS) is 10.7. The van der Waals surface area contributed by atoms with E-state index in [1.807, 2.05) is 12.1 Å². The van der Waals surface area contributed by atoms with E-state index < -0.39 is 0 Å². The maximum absolute atomic E-state index is 6.00. The largest absolute Gasteiger partial charge is 0.397 e. The van der Waals surface area contributed by atoms with Crippen molar-refractivity contribution in [1.29, 1.82) is 0 Å². The second kappa shape index (κ2) is 5.64. The zero-order valence-electron chi connectivity index (χ0n) is 10.0. The fourth-order valence-electron chi connectivity index (χ4n) is 2.10. The first-order chi connectivity index (χ1) is 7.24. The zero-order valence-corrected chi connectivity index (χ0v) is 10.0. The number of anilines is 2. The topological polar surface area (TPSA) is 29.3 Å². The van der Waals surface area contributed by atoms with Crippen molar-refractivity contribution in [3.8, 4) is 0 Å². The van der Waals surface area contributed by atoms with Gasteiger partial charge in [0.05, 0.1) is 11.4 Å². The summed E-state index contributed by atoms with van der Waals surface area (Å²) < 4.78 is 0. The molecule has 1 aromatic rings. The van der Waals surface area contributed by atoms with Crippen LogP contribution in [-0.2, 0) is 0 Å². The highest BCUT2D eigenvalue weighted by molar-refractivity contribution is 5.67. The molecule has 2 nitrogen and oxygen atoms in total. The molecule has 0 saturated heterocycles. The van der Waals surface area contributed by atoms with E-state index >= 15 is 0 Å². The van der Waals surface area contributed by atoms with E-state index in [4.69, 9.17) is 5.73 Å². The van der Waals surface area contributed by atoms with Gasteiger partial charge in [0, 0.05) is 12.6 Å². The van der Waals surface area contributed by atoms with Crippen molar-refractivity contribution in [3.63, 3.8) is 0 Å². The third-order valence-corrected chi connectivity index (χ3v) is 2.97. The van der Waals surface area contributed by atoms with Crippen molar-refractivity contribution < 1.29 is 0 Å². The van der Waals surface area contributed by atoms with Crippen LogP contribution in [0.25, 0.3) is 0 Å². The molecule has 0 aromatic heterocycles. The number of para-hydroxylation sites is 2. The molecule has 84 valence electrons. The Labute approximate surface area is 93.1 Å². The summed E-state index contributed by atoms with van der Waals surface area (Å²) in [5.41, 5.74) is 8.06. The summed E-state index contributed by atoms with van der Waals surface area (Å²) in [5, 5.41) is 0. The fourth-order valence-corrected chi connectivity index (χ4v) is 2.10. The van der Waals surface area contributed by atoms with Crippen molar-refractivity contribution in [2.45, 2.75) is 39.7 Å². The van der Waals surface area contributed by atoms with Gasteiger partial charge in [0.25, 0.3) is 0 Å². The van der Waals surface area contributed by atoms with Crippen LogP contribution < -0.4 is 10.6 Å². The van der Waals surface area contributed by atoms with E-state index in [-0.39, 0.29) is 0 Å². The Hall–Kier alpha value is -1.18. The maximum Gasteiger partial charge on any atom is 0.0602 e. The molecule has 0 spiro atoms. The van der Waals surface area contributed by atoms with Gasteiger partial charge in [-0.2, -0.15) is 0 Å². The highest BCUT2D eigenvalue weighted by atomic mass is 15.2. The second-order valence-corrected chi connectivity index (χ2v) is 3.82.